The maximum absolute atomic E-state index is 13.1. The molecule has 0 spiro atoms. The first-order valence-corrected chi connectivity index (χ1v) is 10.6. The van der Waals surface area contributed by atoms with Crippen LogP contribution in [0.4, 0.5) is 0 Å². The van der Waals surface area contributed by atoms with Crippen molar-refractivity contribution in [3.63, 3.8) is 0 Å². The third kappa shape index (κ3) is 4.11. The van der Waals surface area contributed by atoms with Crippen LogP contribution in [0.15, 0.2) is 54.9 Å². The van der Waals surface area contributed by atoms with Crippen LogP contribution in [0.5, 0.6) is 0 Å². The highest BCUT2D eigenvalue weighted by Gasteiger charge is 2.35. The van der Waals surface area contributed by atoms with Crippen molar-refractivity contribution in [3.05, 3.63) is 76.7 Å². The Morgan fingerprint density at radius 3 is 2.77 bits per heavy atom. The zero-order valence-electron chi connectivity index (χ0n) is 17.0. The zero-order chi connectivity index (χ0) is 21.0. The number of nitrogens with zero attached hydrogens (tertiary/aromatic N) is 3. The Hall–Kier alpha value is -2.70. The molecule has 0 saturated carbocycles. The molecule has 3 aromatic rings. The minimum absolute atomic E-state index is 0.123. The Bertz CT molecular complexity index is 1010. The number of hydrogen-bond donors (Lipinski definition) is 1. The molecule has 0 aliphatic carbocycles. The van der Waals surface area contributed by atoms with Crippen molar-refractivity contribution < 1.29 is 9.53 Å². The van der Waals surface area contributed by atoms with Crippen molar-refractivity contribution in [1.82, 2.24) is 20.1 Å². The molecule has 0 unspecified atom stereocenters. The molecule has 0 bridgehead atoms. The maximum atomic E-state index is 13.1. The second kappa shape index (κ2) is 8.98. The van der Waals surface area contributed by atoms with E-state index in [9.17, 15) is 4.79 Å². The summed E-state index contributed by atoms with van der Waals surface area (Å²) in [6.07, 6.45) is 5.69. The molecule has 1 aromatic carbocycles. The first kappa shape index (κ1) is 20.6. The number of carbonyl (C=O) groups excluding carboxylic acids is 1. The third-order valence-corrected chi connectivity index (χ3v) is 6.02. The van der Waals surface area contributed by atoms with Gasteiger partial charge in [-0.25, -0.2) is 9.67 Å². The van der Waals surface area contributed by atoms with Crippen molar-refractivity contribution in [1.29, 1.82) is 0 Å². The molecule has 1 aliphatic rings. The molecule has 7 heteroatoms. The van der Waals surface area contributed by atoms with Crippen molar-refractivity contribution in [2.75, 3.05) is 19.8 Å². The fraction of sp³-hybridized carbons (Fsp3) is 0.348. The van der Waals surface area contributed by atoms with E-state index < -0.39 is 0 Å². The molecule has 1 amide bonds. The topological polar surface area (TPSA) is 69.0 Å². The lowest BCUT2D eigenvalue weighted by Crippen LogP contribution is -2.44. The van der Waals surface area contributed by atoms with E-state index in [0.717, 1.165) is 24.1 Å². The molecule has 30 heavy (non-hydrogen) atoms. The van der Waals surface area contributed by atoms with Gasteiger partial charge in [0.15, 0.2) is 5.82 Å². The van der Waals surface area contributed by atoms with Gasteiger partial charge in [0.2, 0.25) is 0 Å². The van der Waals surface area contributed by atoms with Crippen LogP contribution in [0.3, 0.4) is 0 Å². The number of aromatic nitrogens is 3. The van der Waals surface area contributed by atoms with Crippen LogP contribution in [-0.4, -0.2) is 40.4 Å². The number of ether oxygens (including phenoxy) is 1. The number of nitrogens with one attached hydrogen (secondary N) is 1. The second-order valence-corrected chi connectivity index (χ2v) is 7.98. The summed E-state index contributed by atoms with van der Waals surface area (Å²) in [4.78, 5) is 17.5. The standard InChI is InChI=1S/C23H25ClN4O2/c1-2-20-19(15-27-28(20)21-8-3-4-11-25-21)22(29)26-16-23(9-12-30-13-10-23)17-6-5-7-18(24)14-17/h3-8,11,14-15H,2,9-10,12-13,16H2,1H3,(H,26,29). The Kier molecular flexibility index (Phi) is 6.16. The quantitative estimate of drug-likeness (QED) is 0.650. The maximum Gasteiger partial charge on any atom is 0.254 e. The van der Waals surface area contributed by atoms with Gasteiger partial charge in [0.05, 0.1) is 17.5 Å². The van der Waals surface area contributed by atoms with Crippen LogP contribution in [0.25, 0.3) is 5.82 Å². The average molecular weight is 425 g/mol. The molecular formula is C23H25ClN4O2. The molecule has 1 fully saturated rings. The average Bonchev–Trinajstić information content (AvgIpc) is 3.23. The van der Waals surface area contributed by atoms with Crippen LogP contribution in [0.2, 0.25) is 5.02 Å². The summed E-state index contributed by atoms with van der Waals surface area (Å²) in [5, 5.41) is 8.28. The predicted octanol–water partition coefficient (Wildman–Crippen LogP) is 3.96. The molecule has 1 aliphatic heterocycles. The van der Waals surface area contributed by atoms with Gasteiger partial charge in [-0.05, 0) is 49.1 Å². The van der Waals surface area contributed by atoms with Gasteiger partial charge in [0.25, 0.3) is 5.91 Å². The number of hydrogen-bond acceptors (Lipinski definition) is 4. The predicted molar refractivity (Wildman–Crippen MR) is 116 cm³/mol. The van der Waals surface area contributed by atoms with E-state index >= 15 is 0 Å². The van der Waals surface area contributed by atoms with Crippen LogP contribution < -0.4 is 5.32 Å². The van der Waals surface area contributed by atoms with Crippen molar-refractivity contribution in [2.45, 2.75) is 31.6 Å². The minimum atomic E-state index is -0.192. The molecule has 1 N–H and O–H groups in total. The lowest BCUT2D eigenvalue weighted by Gasteiger charge is -2.38. The van der Waals surface area contributed by atoms with Crippen LogP contribution in [0.1, 0.15) is 41.4 Å². The van der Waals surface area contributed by atoms with E-state index in [1.165, 1.54) is 0 Å². The smallest absolute Gasteiger partial charge is 0.254 e. The number of benzene rings is 1. The lowest BCUT2D eigenvalue weighted by atomic mass is 9.74. The van der Waals surface area contributed by atoms with Gasteiger partial charge in [0.1, 0.15) is 0 Å². The Morgan fingerprint density at radius 2 is 2.07 bits per heavy atom. The molecule has 0 radical (unpaired) electrons. The summed E-state index contributed by atoms with van der Waals surface area (Å²) >= 11 is 6.25. The summed E-state index contributed by atoms with van der Waals surface area (Å²) in [7, 11) is 0. The van der Waals surface area contributed by atoms with Crippen molar-refractivity contribution in [2.24, 2.45) is 0 Å². The van der Waals surface area contributed by atoms with Crippen molar-refractivity contribution >= 4 is 17.5 Å². The molecule has 2 aromatic heterocycles. The summed E-state index contributed by atoms with van der Waals surface area (Å²) in [5.41, 5.74) is 2.37. The van der Waals surface area contributed by atoms with E-state index in [-0.39, 0.29) is 11.3 Å². The molecule has 0 atom stereocenters. The number of pyridine rings is 1. The second-order valence-electron chi connectivity index (χ2n) is 7.54. The fourth-order valence-electron chi connectivity index (χ4n) is 4.07. The van der Waals surface area contributed by atoms with E-state index in [1.54, 1.807) is 17.1 Å². The molecule has 6 nitrogen and oxygen atoms in total. The third-order valence-electron chi connectivity index (χ3n) is 5.79. The van der Waals surface area contributed by atoms with Crippen LogP contribution >= 0.6 is 11.6 Å². The summed E-state index contributed by atoms with van der Waals surface area (Å²) < 4.78 is 7.32. The molecule has 4 rings (SSSR count). The minimum Gasteiger partial charge on any atom is -0.381 e. The van der Waals surface area contributed by atoms with E-state index in [0.29, 0.717) is 42.6 Å². The summed E-state index contributed by atoms with van der Waals surface area (Å²) in [5.74, 6) is 0.579. The van der Waals surface area contributed by atoms with Crippen molar-refractivity contribution in [3.8, 4) is 5.82 Å². The van der Waals surface area contributed by atoms with Gasteiger partial charge in [-0.2, -0.15) is 5.10 Å². The molecule has 156 valence electrons. The fourth-order valence-corrected chi connectivity index (χ4v) is 4.26. The Balaban J connectivity index is 1.57. The van der Waals surface area contributed by atoms with Gasteiger partial charge in [-0.15, -0.1) is 0 Å². The van der Waals surface area contributed by atoms with E-state index in [1.807, 2.05) is 43.3 Å². The summed E-state index contributed by atoms with van der Waals surface area (Å²) in [6, 6.07) is 13.6. The number of amides is 1. The number of carbonyl (C=O) groups is 1. The Labute approximate surface area is 181 Å². The lowest BCUT2D eigenvalue weighted by molar-refractivity contribution is 0.0487. The molecular weight excluding hydrogens is 400 g/mol. The zero-order valence-corrected chi connectivity index (χ0v) is 17.7. The highest BCUT2D eigenvalue weighted by molar-refractivity contribution is 6.30. The summed E-state index contributed by atoms with van der Waals surface area (Å²) in [6.45, 7) is 3.87. The van der Waals surface area contributed by atoms with Gasteiger partial charge in [-0.3, -0.25) is 4.79 Å². The van der Waals surface area contributed by atoms with Gasteiger partial charge in [0, 0.05) is 36.4 Å². The van der Waals surface area contributed by atoms with Gasteiger partial charge in [-0.1, -0.05) is 36.7 Å². The van der Waals surface area contributed by atoms with Gasteiger partial charge >= 0.3 is 0 Å². The van der Waals surface area contributed by atoms with E-state index in [2.05, 4.69) is 21.5 Å². The number of halogens is 1. The SMILES string of the molecule is CCc1c(C(=O)NCC2(c3cccc(Cl)c3)CCOCC2)cnn1-c1ccccn1. The largest absolute Gasteiger partial charge is 0.381 e. The highest BCUT2D eigenvalue weighted by Crippen LogP contribution is 2.35. The highest BCUT2D eigenvalue weighted by atomic mass is 35.5. The van der Waals surface area contributed by atoms with Crippen LogP contribution in [-0.2, 0) is 16.6 Å². The van der Waals surface area contributed by atoms with Gasteiger partial charge < -0.3 is 10.1 Å². The first-order chi connectivity index (χ1) is 14.6. The normalized spacial score (nSPS) is 15.7. The Morgan fingerprint density at radius 1 is 1.23 bits per heavy atom. The number of rotatable bonds is 6. The van der Waals surface area contributed by atoms with Crippen LogP contribution in [0, 0.1) is 0 Å². The molecule has 3 heterocycles. The molecule has 1 saturated heterocycles. The monoisotopic (exact) mass is 424 g/mol. The van der Waals surface area contributed by atoms with E-state index in [4.69, 9.17) is 16.3 Å². The first-order valence-electron chi connectivity index (χ1n) is 10.2.